The number of ketones is 1. The Morgan fingerprint density at radius 2 is 2.46 bits per heavy atom. The van der Waals surface area contributed by atoms with E-state index in [4.69, 9.17) is 0 Å². The van der Waals surface area contributed by atoms with Gasteiger partial charge in [-0.2, -0.15) is 0 Å². The molecule has 66 valence electrons. The van der Waals surface area contributed by atoms with Gasteiger partial charge in [-0.1, -0.05) is 0 Å². The second-order valence-corrected chi connectivity index (χ2v) is 3.04. The minimum atomic E-state index is -0.788. The summed E-state index contributed by atoms with van der Waals surface area (Å²) in [6, 6.07) is 3.73. The Kier molecular flexibility index (Phi) is 1.65. The number of hydrogen-bond acceptors (Lipinski definition) is 2. The molecule has 0 spiro atoms. The van der Waals surface area contributed by atoms with Crippen LogP contribution in [-0.2, 0) is 10.3 Å². The molecule has 3 nitrogen and oxygen atoms in total. The van der Waals surface area contributed by atoms with Crippen molar-refractivity contribution in [2.45, 2.75) is 12.5 Å². The molecule has 0 saturated heterocycles. The zero-order valence-corrected chi connectivity index (χ0v) is 7.32. The molecule has 0 radical (unpaired) electrons. The molecule has 0 bridgehead atoms. The lowest BCUT2D eigenvalue weighted by molar-refractivity contribution is -0.120. The summed E-state index contributed by atoms with van der Waals surface area (Å²) >= 11 is 0. The van der Waals surface area contributed by atoms with Crippen LogP contribution < -0.4 is 0 Å². The molecule has 0 aliphatic carbocycles. The first-order valence-electron chi connectivity index (χ1n) is 4.14. The third-order valence-corrected chi connectivity index (χ3v) is 2.25. The first-order valence-corrected chi connectivity index (χ1v) is 4.14. The lowest BCUT2D eigenvalue weighted by Gasteiger charge is -2.18. The van der Waals surface area contributed by atoms with Crippen molar-refractivity contribution in [2.75, 3.05) is 0 Å². The number of allylic oxidation sites excluding steroid dienone is 1. The Morgan fingerprint density at radius 1 is 1.62 bits per heavy atom. The third kappa shape index (κ3) is 1.04. The molecule has 0 fully saturated rings. The highest BCUT2D eigenvalue weighted by atomic mass is 16.1. The van der Waals surface area contributed by atoms with Gasteiger partial charge in [-0.3, -0.25) is 9.79 Å². The number of aromatic nitrogens is 1. The number of aromatic amines is 1. The fourth-order valence-corrected chi connectivity index (χ4v) is 1.51. The van der Waals surface area contributed by atoms with Crippen molar-refractivity contribution in [3.63, 3.8) is 0 Å². The molecule has 3 heteroatoms. The first kappa shape index (κ1) is 7.98. The molecule has 1 aromatic heterocycles. The average molecular weight is 174 g/mol. The number of hydrogen-bond donors (Lipinski definition) is 1. The predicted octanol–water partition coefficient (Wildman–Crippen LogP) is 1.44. The highest BCUT2D eigenvalue weighted by Crippen LogP contribution is 2.29. The Labute approximate surface area is 76.2 Å². The van der Waals surface area contributed by atoms with E-state index < -0.39 is 5.54 Å². The summed E-state index contributed by atoms with van der Waals surface area (Å²) in [7, 11) is 0. The van der Waals surface area contributed by atoms with Gasteiger partial charge in [0.15, 0.2) is 11.3 Å². The number of carbonyl (C=O) groups excluding carboxylic acids is 1. The summed E-state index contributed by atoms with van der Waals surface area (Å²) in [5, 5.41) is 0. The Hall–Kier alpha value is -1.64. The highest BCUT2D eigenvalue weighted by molar-refractivity contribution is 5.95. The van der Waals surface area contributed by atoms with E-state index in [1.54, 1.807) is 31.5 Å². The van der Waals surface area contributed by atoms with Crippen molar-refractivity contribution in [1.82, 2.24) is 4.98 Å². The van der Waals surface area contributed by atoms with E-state index in [1.807, 2.05) is 12.1 Å². The van der Waals surface area contributed by atoms with Crippen molar-refractivity contribution in [1.29, 1.82) is 0 Å². The first-order chi connectivity index (χ1) is 6.26. The zero-order valence-electron chi connectivity index (χ0n) is 7.32. The molecule has 2 heterocycles. The monoisotopic (exact) mass is 174 g/mol. The standard InChI is InChI=1S/C10H10N2O/c1-8(13)10(5-3-7-12-10)9-4-2-6-11-9/h2-7,11H,1H3. The second kappa shape index (κ2) is 2.69. The van der Waals surface area contributed by atoms with Crippen molar-refractivity contribution < 1.29 is 4.79 Å². The number of carbonyl (C=O) groups is 1. The molecule has 0 amide bonds. The van der Waals surface area contributed by atoms with Gasteiger partial charge in [0.25, 0.3) is 0 Å². The Bertz CT molecular complexity index is 362. The molecule has 1 N–H and O–H groups in total. The molecule has 1 atom stereocenters. The van der Waals surface area contributed by atoms with Crippen molar-refractivity contribution in [3.8, 4) is 0 Å². The van der Waals surface area contributed by atoms with E-state index in [1.165, 1.54) is 0 Å². The van der Waals surface area contributed by atoms with E-state index in [2.05, 4.69) is 9.98 Å². The van der Waals surface area contributed by atoms with Gasteiger partial charge in [-0.15, -0.1) is 0 Å². The van der Waals surface area contributed by atoms with Crippen LogP contribution in [0.1, 0.15) is 12.6 Å². The van der Waals surface area contributed by atoms with Gasteiger partial charge in [-0.05, 0) is 31.2 Å². The predicted molar refractivity (Wildman–Crippen MR) is 50.8 cm³/mol. The van der Waals surface area contributed by atoms with Crippen LogP contribution >= 0.6 is 0 Å². The lowest BCUT2D eigenvalue weighted by atomic mass is 9.92. The van der Waals surface area contributed by atoms with Gasteiger partial charge in [0, 0.05) is 12.4 Å². The van der Waals surface area contributed by atoms with Crippen LogP contribution in [0.4, 0.5) is 0 Å². The van der Waals surface area contributed by atoms with Gasteiger partial charge >= 0.3 is 0 Å². The molecule has 1 aliphatic heterocycles. The second-order valence-electron chi connectivity index (χ2n) is 3.04. The highest BCUT2D eigenvalue weighted by Gasteiger charge is 2.36. The summed E-state index contributed by atoms with van der Waals surface area (Å²) < 4.78 is 0. The van der Waals surface area contributed by atoms with Crippen LogP contribution in [0.5, 0.6) is 0 Å². The number of nitrogens with one attached hydrogen (secondary N) is 1. The van der Waals surface area contributed by atoms with E-state index in [9.17, 15) is 4.79 Å². The van der Waals surface area contributed by atoms with Crippen LogP contribution in [0.15, 0.2) is 35.5 Å². The summed E-state index contributed by atoms with van der Waals surface area (Å²) in [4.78, 5) is 18.7. The van der Waals surface area contributed by atoms with E-state index in [0.717, 1.165) is 5.69 Å². The fourth-order valence-electron chi connectivity index (χ4n) is 1.51. The van der Waals surface area contributed by atoms with Crippen molar-refractivity contribution in [2.24, 2.45) is 4.99 Å². The van der Waals surface area contributed by atoms with Gasteiger partial charge in [0.2, 0.25) is 0 Å². The van der Waals surface area contributed by atoms with Crippen LogP contribution in [0.25, 0.3) is 0 Å². The maximum Gasteiger partial charge on any atom is 0.176 e. The van der Waals surface area contributed by atoms with Crippen LogP contribution in [0.3, 0.4) is 0 Å². The van der Waals surface area contributed by atoms with E-state index in [0.29, 0.717) is 0 Å². The quantitative estimate of drug-likeness (QED) is 0.724. The van der Waals surface area contributed by atoms with Crippen molar-refractivity contribution >= 4 is 12.0 Å². The topological polar surface area (TPSA) is 45.2 Å². The number of nitrogens with zero attached hydrogens (tertiary/aromatic N) is 1. The maximum atomic E-state index is 11.5. The number of aliphatic imine (C=N–C) groups is 1. The smallest absolute Gasteiger partial charge is 0.176 e. The SMILES string of the molecule is CC(=O)C1(c2ccc[nH]2)C=CC=N1. The zero-order chi connectivity index (χ0) is 9.31. The minimum Gasteiger partial charge on any atom is -0.362 e. The minimum absolute atomic E-state index is 0.0277. The third-order valence-electron chi connectivity index (χ3n) is 2.25. The molecule has 0 aromatic carbocycles. The summed E-state index contributed by atoms with van der Waals surface area (Å²) in [6.07, 6.45) is 7.05. The van der Waals surface area contributed by atoms with Crippen molar-refractivity contribution in [3.05, 3.63) is 36.2 Å². The molecule has 13 heavy (non-hydrogen) atoms. The average Bonchev–Trinajstić information content (AvgIpc) is 2.75. The largest absolute Gasteiger partial charge is 0.362 e. The molecule has 1 aromatic rings. The van der Waals surface area contributed by atoms with Crippen LogP contribution in [0.2, 0.25) is 0 Å². The molecule has 2 rings (SSSR count). The Balaban J connectivity index is 2.53. The van der Waals surface area contributed by atoms with Crippen LogP contribution in [-0.4, -0.2) is 17.0 Å². The summed E-state index contributed by atoms with van der Waals surface area (Å²) in [5.74, 6) is 0.0277. The maximum absolute atomic E-state index is 11.5. The number of Topliss-reactive ketones (excluding diaryl/α,β-unsaturated/α-hetero) is 1. The van der Waals surface area contributed by atoms with E-state index in [-0.39, 0.29) is 5.78 Å². The van der Waals surface area contributed by atoms with Gasteiger partial charge in [-0.25, -0.2) is 0 Å². The summed E-state index contributed by atoms with van der Waals surface area (Å²) in [5.41, 5.74) is 0.0359. The van der Waals surface area contributed by atoms with E-state index >= 15 is 0 Å². The Morgan fingerprint density at radius 3 is 2.92 bits per heavy atom. The lowest BCUT2D eigenvalue weighted by Crippen LogP contribution is -2.28. The fraction of sp³-hybridized carbons (Fsp3) is 0.200. The normalized spacial score (nSPS) is 25.3. The molecular weight excluding hydrogens is 164 g/mol. The van der Waals surface area contributed by atoms with Gasteiger partial charge in [0.1, 0.15) is 0 Å². The molecule has 1 aliphatic rings. The molecular formula is C10H10N2O. The van der Waals surface area contributed by atoms with Gasteiger partial charge < -0.3 is 4.98 Å². The van der Waals surface area contributed by atoms with Gasteiger partial charge in [0.05, 0.1) is 5.69 Å². The molecule has 1 unspecified atom stereocenters. The van der Waals surface area contributed by atoms with Crippen LogP contribution in [0, 0.1) is 0 Å². The molecule has 0 saturated carbocycles. The summed E-state index contributed by atoms with van der Waals surface area (Å²) in [6.45, 7) is 1.55. The number of rotatable bonds is 2. The number of H-pyrrole nitrogens is 1.